The quantitative estimate of drug-likeness (QED) is 0.418. The highest BCUT2D eigenvalue weighted by molar-refractivity contribution is 7.90. The van der Waals surface area contributed by atoms with Crippen LogP contribution in [0, 0.1) is 17.8 Å². The second-order valence-corrected chi connectivity index (χ2v) is 16.3. The number of nitrogens with zero attached hydrogens (tertiary/aromatic N) is 1. The zero-order valence-electron chi connectivity index (χ0n) is 25.8. The number of rotatable bonds is 2. The van der Waals surface area contributed by atoms with Crippen molar-refractivity contribution < 1.29 is 27.8 Å². The van der Waals surface area contributed by atoms with Crippen LogP contribution in [0.5, 0.6) is 5.75 Å². The molecule has 1 amide bonds. The van der Waals surface area contributed by atoms with E-state index >= 15 is 0 Å². The van der Waals surface area contributed by atoms with E-state index in [0.29, 0.717) is 44.9 Å². The molecule has 2 aliphatic carbocycles. The highest BCUT2D eigenvalue weighted by Gasteiger charge is 2.44. The zero-order chi connectivity index (χ0) is 31.3. The van der Waals surface area contributed by atoms with Crippen molar-refractivity contribution in [2.45, 2.75) is 81.2 Å². The summed E-state index contributed by atoms with van der Waals surface area (Å²) in [6, 6.07) is 11.4. The molecule has 7 atom stereocenters. The van der Waals surface area contributed by atoms with E-state index in [2.05, 4.69) is 21.8 Å². The molecule has 10 heteroatoms. The van der Waals surface area contributed by atoms with E-state index in [1.165, 1.54) is 11.1 Å². The van der Waals surface area contributed by atoms with E-state index in [1.54, 1.807) is 18.2 Å². The highest BCUT2D eigenvalue weighted by Crippen LogP contribution is 2.47. The molecule has 5 aliphatic rings. The van der Waals surface area contributed by atoms with Gasteiger partial charge in [-0.2, -0.15) is 0 Å². The molecule has 2 bridgehead atoms. The number of aliphatic hydroxyl groups excluding tert-OH is 1. The van der Waals surface area contributed by atoms with Crippen LogP contribution in [0.1, 0.15) is 73.4 Å². The summed E-state index contributed by atoms with van der Waals surface area (Å²) < 4.78 is 42.1. The predicted octanol–water partition coefficient (Wildman–Crippen LogP) is 5.40. The Labute approximate surface area is 271 Å². The van der Waals surface area contributed by atoms with Crippen molar-refractivity contribution in [1.82, 2.24) is 4.72 Å². The molecule has 2 N–H and O–H groups in total. The van der Waals surface area contributed by atoms with Crippen molar-refractivity contribution in [2.24, 2.45) is 17.8 Å². The Balaban J connectivity index is 1.27. The van der Waals surface area contributed by atoms with Gasteiger partial charge in [-0.15, -0.1) is 0 Å². The van der Waals surface area contributed by atoms with E-state index in [4.69, 9.17) is 21.1 Å². The van der Waals surface area contributed by atoms with Gasteiger partial charge in [0.15, 0.2) is 0 Å². The summed E-state index contributed by atoms with van der Waals surface area (Å²) in [6.45, 7) is 4.41. The number of hydrogen-bond donors (Lipinski definition) is 2. The summed E-state index contributed by atoms with van der Waals surface area (Å²) >= 11 is 6.41. The summed E-state index contributed by atoms with van der Waals surface area (Å²) in [5.74, 6) is 0.153. The van der Waals surface area contributed by atoms with Gasteiger partial charge in [0, 0.05) is 35.7 Å². The number of allylic oxidation sites excluding steroid dienone is 1. The minimum absolute atomic E-state index is 0.111. The largest absolute Gasteiger partial charge is 0.490 e. The Morgan fingerprint density at radius 1 is 1.16 bits per heavy atom. The Morgan fingerprint density at radius 3 is 2.76 bits per heavy atom. The second-order valence-electron chi connectivity index (χ2n) is 14.0. The summed E-state index contributed by atoms with van der Waals surface area (Å²) in [4.78, 5) is 16.0. The van der Waals surface area contributed by atoms with Crippen LogP contribution in [-0.2, 0) is 26.6 Å². The fourth-order valence-corrected chi connectivity index (χ4v) is 10.1. The van der Waals surface area contributed by atoms with Gasteiger partial charge in [0.1, 0.15) is 5.75 Å². The molecule has 0 aromatic heterocycles. The number of fused-ring (bicyclic) bond motifs is 4. The lowest BCUT2D eigenvalue weighted by Gasteiger charge is -2.45. The van der Waals surface area contributed by atoms with Crippen LogP contribution in [0.3, 0.4) is 0 Å². The molecule has 8 nitrogen and oxygen atoms in total. The van der Waals surface area contributed by atoms with E-state index < -0.39 is 27.3 Å². The minimum atomic E-state index is -4.02. The third-order valence-electron chi connectivity index (χ3n) is 11.1. The monoisotopic (exact) mass is 654 g/mol. The van der Waals surface area contributed by atoms with Crippen LogP contribution < -0.4 is 14.4 Å². The first-order chi connectivity index (χ1) is 21.6. The maximum Gasteiger partial charge on any atom is 0.264 e. The Bertz CT molecular complexity index is 1590. The van der Waals surface area contributed by atoms with Crippen LogP contribution in [0.4, 0.5) is 5.69 Å². The van der Waals surface area contributed by atoms with Gasteiger partial charge >= 0.3 is 0 Å². The number of aryl methyl sites for hydroxylation is 1. The third-order valence-corrected chi connectivity index (χ3v) is 13.2. The van der Waals surface area contributed by atoms with E-state index in [9.17, 15) is 18.3 Å². The summed E-state index contributed by atoms with van der Waals surface area (Å²) in [6.07, 6.45) is 9.55. The Morgan fingerprint density at radius 2 is 2.00 bits per heavy atom. The fourth-order valence-electron chi connectivity index (χ4n) is 8.19. The van der Waals surface area contributed by atoms with Crippen molar-refractivity contribution in [3.05, 3.63) is 70.3 Å². The standard InChI is InChI=1S/C35H43ClN2O6S/c1-22-4-2-6-31(39)28-10-7-25(28)19-38-20-35(14-3-5-23-16-26(36)9-11-29(23)35)21-44-32-12-8-24(17-30(32)38)34(40)37-45(41,42)33(22)18-27-13-15-43-27/h2,6,8-9,11-12,16-17,22,25,27-28,31,33,39H,3-5,7,10,13-15,18-21H2,1H3,(H,37,40)/b6-2-/t22-,25+,27-,28-,31+,33-,35+/m1/s1. The molecule has 242 valence electrons. The molecule has 2 aromatic rings. The summed E-state index contributed by atoms with van der Waals surface area (Å²) in [5, 5.41) is 11.2. The summed E-state index contributed by atoms with van der Waals surface area (Å²) in [7, 11) is -4.02. The number of amides is 1. The van der Waals surface area contributed by atoms with Crippen molar-refractivity contribution in [2.75, 3.05) is 31.2 Å². The molecule has 0 radical (unpaired) electrons. The maximum absolute atomic E-state index is 13.7. The van der Waals surface area contributed by atoms with Gasteiger partial charge in [-0.05, 0) is 111 Å². The number of carbonyl (C=O) groups is 1. The second kappa shape index (κ2) is 12.2. The van der Waals surface area contributed by atoms with Crippen molar-refractivity contribution in [1.29, 1.82) is 0 Å². The van der Waals surface area contributed by atoms with Crippen molar-refractivity contribution >= 4 is 33.2 Å². The smallest absolute Gasteiger partial charge is 0.264 e. The molecule has 3 heterocycles. The molecule has 1 saturated heterocycles. The zero-order valence-corrected chi connectivity index (χ0v) is 27.4. The molecular formula is C35H43ClN2O6S. The number of sulfonamides is 1. The molecule has 1 saturated carbocycles. The molecule has 3 aliphatic heterocycles. The molecule has 45 heavy (non-hydrogen) atoms. The predicted molar refractivity (Wildman–Crippen MR) is 175 cm³/mol. The third kappa shape index (κ3) is 6.01. The number of carbonyl (C=O) groups excluding carboxylic acids is 1. The average molecular weight is 655 g/mol. The van der Waals surface area contributed by atoms with Gasteiger partial charge in [0.2, 0.25) is 10.0 Å². The topological polar surface area (TPSA) is 105 Å². The lowest BCUT2D eigenvalue weighted by Crippen LogP contribution is -2.49. The molecule has 7 rings (SSSR count). The van der Waals surface area contributed by atoms with Crippen LogP contribution in [0.15, 0.2) is 48.6 Å². The van der Waals surface area contributed by atoms with Gasteiger partial charge < -0.3 is 19.5 Å². The first-order valence-corrected chi connectivity index (χ1v) is 18.4. The van der Waals surface area contributed by atoms with Gasteiger partial charge in [0.05, 0.1) is 29.8 Å². The van der Waals surface area contributed by atoms with Crippen molar-refractivity contribution in [3.63, 3.8) is 0 Å². The van der Waals surface area contributed by atoms with Crippen molar-refractivity contribution in [3.8, 4) is 5.75 Å². The average Bonchev–Trinajstić information content (AvgIpc) is 3.10. The summed E-state index contributed by atoms with van der Waals surface area (Å²) in [5.41, 5.74) is 3.30. The fraction of sp³-hybridized carbons (Fsp3) is 0.571. The lowest BCUT2D eigenvalue weighted by molar-refractivity contribution is -0.0564. The van der Waals surface area contributed by atoms with Crippen LogP contribution >= 0.6 is 11.6 Å². The number of ether oxygens (including phenoxy) is 2. The van der Waals surface area contributed by atoms with Gasteiger partial charge in [-0.1, -0.05) is 36.7 Å². The van der Waals surface area contributed by atoms with E-state index in [0.717, 1.165) is 49.2 Å². The number of benzene rings is 2. The van der Waals surface area contributed by atoms with Crippen LogP contribution in [0.25, 0.3) is 0 Å². The number of nitrogens with one attached hydrogen (secondary N) is 1. The van der Waals surface area contributed by atoms with E-state index in [1.807, 2.05) is 25.1 Å². The Kier molecular flexibility index (Phi) is 8.42. The number of anilines is 1. The first kappa shape index (κ1) is 31.0. The van der Waals surface area contributed by atoms with Gasteiger partial charge in [-0.3, -0.25) is 4.79 Å². The van der Waals surface area contributed by atoms with Gasteiger partial charge in [-0.25, -0.2) is 13.1 Å². The molecule has 1 spiro atoms. The molecule has 2 fully saturated rings. The molecular weight excluding hydrogens is 612 g/mol. The minimum Gasteiger partial charge on any atom is -0.490 e. The van der Waals surface area contributed by atoms with Crippen LogP contribution in [-0.4, -0.2) is 63.2 Å². The maximum atomic E-state index is 13.7. The first-order valence-electron chi connectivity index (χ1n) is 16.4. The van der Waals surface area contributed by atoms with Gasteiger partial charge in [0.25, 0.3) is 5.91 Å². The lowest BCUT2D eigenvalue weighted by atomic mass is 9.68. The van der Waals surface area contributed by atoms with Crippen LogP contribution in [0.2, 0.25) is 5.02 Å². The van der Waals surface area contributed by atoms with E-state index in [-0.39, 0.29) is 34.8 Å². The SMILES string of the molecule is C[C@@H]1C/C=C\[C@H](O)[C@@H]2CC[C@H]2CN2C[C@@]3(CCCc4cc(Cl)ccc43)COc3ccc(cc32)C(=O)NS(=O)(=O)[C@@H]1C[C@H]1CCO1. The molecule has 2 aromatic carbocycles. The highest BCUT2D eigenvalue weighted by atomic mass is 35.5. The molecule has 0 unspecified atom stereocenters. The number of halogens is 1. The normalized spacial score (nSPS) is 35.0. The Hall–Kier alpha value is -2.59. The number of aliphatic hydroxyl groups is 1. The number of hydrogen-bond acceptors (Lipinski definition) is 7.